The summed E-state index contributed by atoms with van der Waals surface area (Å²) in [5.41, 5.74) is 0. The zero-order valence-electron chi connectivity index (χ0n) is 10.0. The molecule has 1 unspecified atom stereocenters. The zero-order valence-corrected chi connectivity index (χ0v) is 10.0. The summed E-state index contributed by atoms with van der Waals surface area (Å²) in [4.78, 5) is 0. The largest absolute Gasteiger partial charge is 0.396 e. The van der Waals surface area contributed by atoms with E-state index >= 15 is 0 Å². The quantitative estimate of drug-likeness (QED) is 0.453. The van der Waals surface area contributed by atoms with Crippen LogP contribution in [0.2, 0.25) is 0 Å². The second-order valence-corrected chi connectivity index (χ2v) is 3.57. The van der Waals surface area contributed by atoms with Crippen LogP contribution in [-0.4, -0.2) is 34.6 Å². The standard InChI is InChI=1S/C14H20O3/c15-12-8-4-1-2-6-10-14(17)11-7-3-5-9-13-16/h4,8,14-17H,3,5,7,9,11-13H2. The second-order valence-electron chi connectivity index (χ2n) is 3.57. The molecule has 0 aliphatic carbocycles. The number of aliphatic hydroxyl groups is 3. The highest BCUT2D eigenvalue weighted by Gasteiger charge is 1.97. The van der Waals surface area contributed by atoms with E-state index in [1.807, 2.05) is 0 Å². The molecule has 3 nitrogen and oxygen atoms in total. The highest BCUT2D eigenvalue weighted by Crippen LogP contribution is 2.04. The molecule has 0 aromatic carbocycles. The van der Waals surface area contributed by atoms with Crippen LogP contribution in [0.5, 0.6) is 0 Å². The fourth-order valence-electron chi connectivity index (χ4n) is 1.18. The predicted octanol–water partition coefficient (Wildman–Crippen LogP) is 0.845. The van der Waals surface area contributed by atoms with Crippen molar-refractivity contribution in [2.24, 2.45) is 0 Å². The molecule has 1 atom stereocenters. The summed E-state index contributed by atoms with van der Waals surface area (Å²) in [5, 5.41) is 26.5. The lowest BCUT2D eigenvalue weighted by Gasteiger charge is -2.01. The maximum absolute atomic E-state index is 9.46. The first-order valence-corrected chi connectivity index (χ1v) is 5.87. The molecule has 0 bridgehead atoms. The fraction of sp³-hybridized carbons (Fsp3) is 0.571. The Morgan fingerprint density at radius 3 is 2.47 bits per heavy atom. The third kappa shape index (κ3) is 12.7. The van der Waals surface area contributed by atoms with Crippen molar-refractivity contribution in [3.8, 4) is 23.7 Å². The van der Waals surface area contributed by atoms with E-state index in [0.29, 0.717) is 6.42 Å². The fourth-order valence-corrected chi connectivity index (χ4v) is 1.18. The van der Waals surface area contributed by atoms with Crippen LogP contribution in [0.3, 0.4) is 0 Å². The van der Waals surface area contributed by atoms with Crippen molar-refractivity contribution in [2.75, 3.05) is 13.2 Å². The predicted molar refractivity (Wildman–Crippen MR) is 68.0 cm³/mol. The Kier molecular flexibility index (Phi) is 11.9. The Bertz CT molecular complexity index is 312. The molecular formula is C14H20O3. The van der Waals surface area contributed by atoms with Gasteiger partial charge in [-0.25, -0.2) is 0 Å². The van der Waals surface area contributed by atoms with Gasteiger partial charge in [0.1, 0.15) is 6.10 Å². The summed E-state index contributed by atoms with van der Waals surface area (Å²) in [6.07, 6.45) is 6.79. The molecule has 0 aliphatic heterocycles. The van der Waals surface area contributed by atoms with Crippen molar-refractivity contribution in [3.63, 3.8) is 0 Å². The Morgan fingerprint density at radius 1 is 1.00 bits per heavy atom. The zero-order chi connectivity index (χ0) is 12.8. The van der Waals surface area contributed by atoms with Crippen LogP contribution in [-0.2, 0) is 0 Å². The number of hydrogen-bond acceptors (Lipinski definition) is 3. The minimum absolute atomic E-state index is 0.0292. The third-order valence-corrected chi connectivity index (χ3v) is 2.07. The third-order valence-electron chi connectivity index (χ3n) is 2.07. The Balaban J connectivity index is 3.62. The molecule has 94 valence electrons. The molecule has 0 spiro atoms. The molecule has 0 radical (unpaired) electrons. The molecule has 0 aromatic heterocycles. The van der Waals surface area contributed by atoms with Gasteiger partial charge in [0, 0.05) is 6.61 Å². The Hall–Kier alpha value is -1.26. The Morgan fingerprint density at radius 2 is 1.76 bits per heavy atom. The maximum atomic E-state index is 9.46. The van der Waals surface area contributed by atoms with Crippen LogP contribution in [0, 0.1) is 23.7 Å². The normalized spacial score (nSPS) is 11.5. The summed E-state index contributed by atoms with van der Waals surface area (Å²) in [7, 11) is 0. The second kappa shape index (κ2) is 12.8. The molecule has 0 amide bonds. The first-order valence-electron chi connectivity index (χ1n) is 5.87. The van der Waals surface area contributed by atoms with Crippen LogP contribution in [0.15, 0.2) is 12.2 Å². The van der Waals surface area contributed by atoms with E-state index in [1.165, 1.54) is 12.2 Å². The molecule has 0 saturated carbocycles. The molecule has 0 aromatic rings. The van der Waals surface area contributed by atoms with Crippen LogP contribution in [0.1, 0.15) is 32.1 Å². The number of aliphatic hydroxyl groups excluding tert-OH is 3. The lowest BCUT2D eigenvalue weighted by atomic mass is 10.1. The van der Waals surface area contributed by atoms with Crippen LogP contribution >= 0.6 is 0 Å². The van der Waals surface area contributed by atoms with Crippen molar-refractivity contribution in [3.05, 3.63) is 12.2 Å². The summed E-state index contributed by atoms with van der Waals surface area (Å²) in [6.45, 7) is 0.206. The smallest absolute Gasteiger partial charge is 0.115 e. The molecule has 3 N–H and O–H groups in total. The average Bonchev–Trinajstić information content (AvgIpc) is 2.33. The molecule has 3 heteroatoms. The highest BCUT2D eigenvalue weighted by molar-refractivity contribution is 5.31. The van der Waals surface area contributed by atoms with E-state index in [1.54, 1.807) is 0 Å². The van der Waals surface area contributed by atoms with E-state index in [9.17, 15) is 5.11 Å². The lowest BCUT2D eigenvalue weighted by Crippen LogP contribution is -2.02. The number of unbranched alkanes of at least 4 members (excludes halogenated alkanes) is 3. The van der Waals surface area contributed by atoms with Gasteiger partial charge in [-0.05, 0) is 37.2 Å². The topological polar surface area (TPSA) is 60.7 Å². The van der Waals surface area contributed by atoms with Gasteiger partial charge in [-0.2, -0.15) is 0 Å². The van der Waals surface area contributed by atoms with Gasteiger partial charge in [0.2, 0.25) is 0 Å². The maximum Gasteiger partial charge on any atom is 0.115 e. The van der Waals surface area contributed by atoms with Crippen LogP contribution < -0.4 is 0 Å². The molecule has 0 rings (SSSR count). The van der Waals surface area contributed by atoms with E-state index in [2.05, 4.69) is 23.7 Å². The van der Waals surface area contributed by atoms with Gasteiger partial charge < -0.3 is 15.3 Å². The summed E-state index contributed by atoms with van der Waals surface area (Å²) in [5.74, 6) is 10.4. The summed E-state index contributed by atoms with van der Waals surface area (Å²) < 4.78 is 0. The number of allylic oxidation sites excluding steroid dienone is 1. The van der Waals surface area contributed by atoms with Gasteiger partial charge in [-0.1, -0.05) is 30.8 Å². The molecule has 17 heavy (non-hydrogen) atoms. The first-order chi connectivity index (χ1) is 8.31. The molecule has 0 fully saturated rings. The first kappa shape index (κ1) is 15.7. The minimum atomic E-state index is -0.625. The van der Waals surface area contributed by atoms with Gasteiger partial charge >= 0.3 is 0 Å². The van der Waals surface area contributed by atoms with Gasteiger partial charge in [-0.15, -0.1) is 0 Å². The van der Waals surface area contributed by atoms with Crippen LogP contribution in [0.4, 0.5) is 0 Å². The summed E-state index contributed by atoms with van der Waals surface area (Å²) in [6, 6.07) is 0. The van der Waals surface area contributed by atoms with Gasteiger partial charge in [0.25, 0.3) is 0 Å². The van der Waals surface area contributed by atoms with Crippen molar-refractivity contribution in [2.45, 2.75) is 38.2 Å². The Labute approximate surface area is 103 Å². The van der Waals surface area contributed by atoms with Gasteiger partial charge in [0.15, 0.2) is 0 Å². The summed E-state index contributed by atoms with van der Waals surface area (Å²) >= 11 is 0. The molecule has 0 heterocycles. The van der Waals surface area contributed by atoms with Crippen LogP contribution in [0.25, 0.3) is 0 Å². The average molecular weight is 236 g/mol. The van der Waals surface area contributed by atoms with Gasteiger partial charge in [0.05, 0.1) is 6.61 Å². The minimum Gasteiger partial charge on any atom is -0.396 e. The van der Waals surface area contributed by atoms with E-state index in [0.717, 1.165) is 25.7 Å². The van der Waals surface area contributed by atoms with Gasteiger partial charge in [-0.3, -0.25) is 0 Å². The highest BCUT2D eigenvalue weighted by atomic mass is 16.3. The van der Waals surface area contributed by atoms with Crippen molar-refractivity contribution < 1.29 is 15.3 Å². The number of rotatable bonds is 7. The van der Waals surface area contributed by atoms with Crippen molar-refractivity contribution in [1.82, 2.24) is 0 Å². The van der Waals surface area contributed by atoms with Crippen molar-refractivity contribution >= 4 is 0 Å². The number of hydrogen-bond donors (Lipinski definition) is 3. The van der Waals surface area contributed by atoms with E-state index < -0.39 is 6.10 Å². The molecule has 0 aliphatic rings. The van der Waals surface area contributed by atoms with E-state index in [4.69, 9.17) is 10.2 Å². The SMILES string of the molecule is OCC=CC#CC#CC(O)CCCCCCO. The van der Waals surface area contributed by atoms with Crippen molar-refractivity contribution in [1.29, 1.82) is 0 Å². The van der Waals surface area contributed by atoms with E-state index in [-0.39, 0.29) is 13.2 Å². The molecule has 0 saturated heterocycles. The molecular weight excluding hydrogens is 216 g/mol. The monoisotopic (exact) mass is 236 g/mol. The lowest BCUT2D eigenvalue weighted by molar-refractivity contribution is 0.216.